The van der Waals surface area contributed by atoms with Gasteiger partial charge in [0.15, 0.2) is 5.78 Å². The van der Waals surface area contributed by atoms with Crippen LogP contribution in [0.3, 0.4) is 0 Å². The Balaban J connectivity index is 1.96. The Labute approximate surface area is 184 Å². The first kappa shape index (κ1) is 22.4. The molecule has 160 valence electrons. The summed E-state index contributed by atoms with van der Waals surface area (Å²) >= 11 is 0. The van der Waals surface area contributed by atoms with E-state index in [0.29, 0.717) is 18.7 Å². The Morgan fingerprint density at radius 1 is 0.774 bits per heavy atom. The molecule has 0 fully saturated rings. The van der Waals surface area contributed by atoms with E-state index in [4.69, 9.17) is 4.74 Å². The standard InChI is InChI=1S/C27H29NO3/c1-3-31-27(30)25(21(2)26(29)24-17-11-6-12-18-24)28(19-22-13-7-4-8-14-22)20-23-15-9-5-10-16-23/h4-18,21,25H,3,19-20H2,1-2H3. The lowest BCUT2D eigenvalue weighted by Gasteiger charge is -2.33. The predicted octanol–water partition coefficient (Wildman–Crippen LogP) is 5.14. The summed E-state index contributed by atoms with van der Waals surface area (Å²) in [5, 5.41) is 0. The predicted molar refractivity (Wildman–Crippen MR) is 122 cm³/mol. The Kier molecular flexibility index (Phi) is 8.13. The average molecular weight is 416 g/mol. The van der Waals surface area contributed by atoms with Gasteiger partial charge in [0.1, 0.15) is 6.04 Å². The minimum absolute atomic E-state index is 0.0650. The molecular weight excluding hydrogens is 386 g/mol. The van der Waals surface area contributed by atoms with Crippen LogP contribution in [-0.4, -0.2) is 29.3 Å². The first-order valence-corrected chi connectivity index (χ1v) is 10.7. The largest absolute Gasteiger partial charge is 0.465 e. The Bertz CT molecular complexity index is 916. The number of rotatable bonds is 10. The van der Waals surface area contributed by atoms with Crippen LogP contribution >= 0.6 is 0 Å². The van der Waals surface area contributed by atoms with Crippen LogP contribution in [0.15, 0.2) is 91.0 Å². The van der Waals surface area contributed by atoms with Crippen molar-refractivity contribution in [1.29, 1.82) is 0 Å². The quantitative estimate of drug-likeness (QED) is 0.340. The van der Waals surface area contributed by atoms with E-state index >= 15 is 0 Å². The highest BCUT2D eigenvalue weighted by Crippen LogP contribution is 2.23. The zero-order valence-corrected chi connectivity index (χ0v) is 18.1. The average Bonchev–Trinajstić information content (AvgIpc) is 2.80. The van der Waals surface area contributed by atoms with Crippen LogP contribution in [0.5, 0.6) is 0 Å². The number of benzene rings is 3. The van der Waals surface area contributed by atoms with Crippen LogP contribution in [0.4, 0.5) is 0 Å². The van der Waals surface area contributed by atoms with E-state index in [0.717, 1.165) is 11.1 Å². The molecule has 0 saturated carbocycles. The fraction of sp³-hybridized carbons (Fsp3) is 0.259. The highest BCUT2D eigenvalue weighted by molar-refractivity contribution is 6.00. The van der Waals surface area contributed by atoms with Crippen molar-refractivity contribution >= 4 is 11.8 Å². The zero-order chi connectivity index (χ0) is 22.1. The van der Waals surface area contributed by atoms with Gasteiger partial charge in [-0.1, -0.05) is 97.9 Å². The van der Waals surface area contributed by atoms with Gasteiger partial charge in [0.25, 0.3) is 0 Å². The molecule has 0 heterocycles. The van der Waals surface area contributed by atoms with Crippen LogP contribution in [0.1, 0.15) is 35.3 Å². The third kappa shape index (κ3) is 6.12. The van der Waals surface area contributed by atoms with E-state index in [1.165, 1.54) is 0 Å². The second-order valence-corrected chi connectivity index (χ2v) is 7.59. The summed E-state index contributed by atoms with van der Waals surface area (Å²) in [5.41, 5.74) is 2.75. The smallest absolute Gasteiger partial charge is 0.324 e. The molecule has 0 radical (unpaired) electrons. The third-order valence-electron chi connectivity index (χ3n) is 5.32. The fourth-order valence-corrected chi connectivity index (χ4v) is 3.79. The van der Waals surface area contributed by atoms with Crippen molar-refractivity contribution < 1.29 is 14.3 Å². The van der Waals surface area contributed by atoms with Gasteiger partial charge in [-0.15, -0.1) is 0 Å². The van der Waals surface area contributed by atoms with Crippen molar-refractivity contribution in [2.45, 2.75) is 33.0 Å². The van der Waals surface area contributed by atoms with E-state index in [1.807, 2.05) is 90.7 Å². The molecule has 3 rings (SSSR count). The normalized spacial score (nSPS) is 12.9. The molecule has 31 heavy (non-hydrogen) atoms. The van der Waals surface area contributed by atoms with Crippen LogP contribution < -0.4 is 0 Å². The number of ether oxygens (including phenoxy) is 1. The molecule has 2 atom stereocenters. The van der Waals surface area contributed by atoms with E-state index in [2.05, 4.69) is 0 Å². The molecule has 0 bridgehead atoms. The van der Waals surface area contributed by atoms with Crippen LogP contribution in [0, 0.1) is 5.92 Å². The minimum Gasteiger partial charge on any atom is -0.465 e. The van der Waals surface area contributed by atoms with Gasteiger partial charge in [0.2, 0.25) is 0 Å². The van der Waals surface area contributed by atoms with Crippen LogP contribution in [0.2, 0.25) is 0 Å². The maximum atomic E-state index is 13.3. The number of carbonyl (C=O) groups excluding carboxylic acids is 2. The first-order valence-electron chi connectivity index (χ1n) is 10.7. The van der Waals surface area contributed by atoms with Crippen molar-refractivity contribution in [3.8, 4) is 0 Å². The summed E-state index contributed by atoms with van der Waals surface area (Å²) in [4.78, 5) is 28.4. The first-order chi connectivity index (χ1) is 15.1. The number of esters is 1. The van der Waals surface area contributed by atoms with Crippen molar-refractivity contribution in [1.82, 2.24) is 4.90 Å². The molecule has 4 heteroatoms. The molecule has 4 nitrogen and oxygen atoms in total. The summed E-state index contributed by atoms with van der Waals surface area (Å²) in [6.07, 6.45) is 0. The number of nitrogens with zero attached hydrogens (tertiary/aromatic N) is 1. The molecule has 0 aliphatic heterocycles. The molecule has 0 saturated heterocycles. The molecule has 0 aliphatic carbocycles. The highest BCUT2D eigenvalue weighted by atomic mass is 16.5. The number of hydrogen-bond donors (Lipinski definition) is 0. The number of carbonyl (C=O) groups is 2. The Morgan fingerprint density at radius 2 is 1.23 bits per heavy atom. The number of hydrogen-bond acceptors (Lipinski definition) is 4. The summed E-state index contributed by atoms with van der Waals surface area (Å²) in [6.45, 7) is 4.95. The number of Topliss-reactive ketones (excluding diaryl/α,β-unsaturated/α-hetero) is 1. The van der Waals surface area contributed by atoms with E-state index in [-0.39, 0.29) is 18.4 Å². The van der Waals surface area contributed by atoms with Crippen LogP contribution in [0.25, 0.3) is 0 Å². The van der Waals surface area contributed by atoms with Crippen molar-refractivity contribution in [2.24, 2.45) is 5.92 Å². The molecule has 3 aromatic rings. The topological polar surface area (TPSA) is 46.6 Å². The maximum absolute atomic E-state index is 13.3. The van der Waals surface area contributed by atoms with Gasteiger partial charge in [0, 0.05) is 24.6 Å². The van der Waals surface area contributed by atoms with Gasteiger partial charge in [-0.05, 0) is 18.1 Å². The summed E-state index contributed by atoms with van der Waals surface area (Å²) in [6, 6.07) is 28.4. The Morgan fingerprint density at radius 3 is 1.68 bits per heavy atom. The lowest BCUT2D eigenvalue weighted by Crippen LogP contribution is -2.48. The summed E-state index contributed by atoms with van der Waals surface area (Å²) in [5.74, 6) is -0.996. The maximum Gasteiger partial charge on any atom is 0.324 e. The van der Waals surface area contributed by atoms with Crippen molar-refractivity contribution in [3.63, 3.8) is 0 Å². The second-order valence-electron chi connectivity index (χ2n) is 7.59. The summed E-state index contributed by atoms with van der Waals surface area (Å²) < 4.78 is 5.43. The van der Waals surface area contributed by atoms with Crippen molar-refractivity contribution in [3.05, 3.63) is 108 Å². The molecule has 2 unspecified atom stereocenters. The molecule has 0 spiro atoms. The van der Waals surface area contributed by atoms with Gasteiger partial charge in [0.05, 0.1) is 6.61 Å². The second kappa shape index (κ2) is 11.2. The third-order valence-corrected chi connectivity index (χ3v) is 5.32. The highest BCUT2D eigenvalue weighted by Gasteiger charge is 2.36. The molecule has 3 aromatic carbocycles. The zero-order valence-electron chi connectivity index (χ0n) is 18.1. The number of ketones is 1. The van der Waals surface area contributed by atoms with Crippen molar-refractivity contribution in [2.75, 3.05) is 6.61 Å². The lowest BCUT2D eigenvalue weighted by molar-refractivity contribution is -0.151. The fourth-order valence-electron chi connectivity index (χ4n) is 3.79. The Hall–Kier alpha value is -3.24. The SMILES string of the molecule is CCOC(=O)C(C(C)C(=O)c1ccccc1)N(Cc1ccccc1)Cc1ccccc1. The molecular formula is C27H29NO3. The molecule has 0 N–H and O–H groups in total. The van der Waals surface area contributed by atoms with Gasteiger partial charge in [-0.3, -0.25) is 14.5 Å². The minimum atomic E-state index is -0.701. The van der Waals surface area contributed by atoms with Gasteiger partial charge in [-0.2, -0.15) is 0 Å². The molecule has 0 amide bonds. The van der Waals surface area contributed by atoms with E-state index in [9.17, 15) is 9.59 Å². The van der Waals surface area contributed by atoms with Crippen LogP contribution in [-0.2, 0) is 22.6 Å². The monoisotopic (exact) mass is 415 g/mol. The van der Waals surface area contributed by atoms with Gasteiger partial charge >= 0.3 is 5.97 Å². The molecule has 0 aromatic heterocycles. The molecule has 0 aliphatic rings. The van der Waals surface area contributed by atoms with E-state index in [1.54, 1.807) is 19.1 Å². The van der Waals surface area contributed by atoms with Gasteiger partial charge < -0.3 is 4.74 Å². The van der Waals surface area contributed by atoms with E-state index < -0.39 is 12.0 Å². The summed E-state index contributed by atoms with van der Waals surface area (Å²) in [7, 11) is 0. The van der Waals surface area contributed by atoms with Gasteiger partial charge in [-0.25, -0.2) is 0 Å². The lowest BCUT2D eigenvalue weighted by atomic mass is 9.90.